The minimum Gasteiger partial charge on any atom is -0.423 e. The maximum Gasteiger partial charge on any atom is 0.488 e. The fourth-order valence-electron chi connectivity index (χ4n) is 16.1. The monoisotopic (exact) mass is 1720 g/mol. The Morgan fingerprint density at radius 2 is 0.303 bits per heavy atom. The maximum absolute atomic E-state index is 9.08. The standard InChI is InChI=1S/C40H26.C30H19Br.C16H13BO2.C14H8Br2.C10H9BO2/c1-3-7-31-23-33(15-13-27(31)5-1)29-9-11-30(12-10-29)34-19-21-39-37(25-34)17-18-38-26-36(20-22-40(38)39)35-16-14-28-6-2-4-8-32(28)24-35;31-28-14-16-30-27(19-28)12-11-26-18-25(13-15-29(26)30)22-7-5-21(6-8-22)24-10-9-20-3-1-2-4-23(20)17-24;18-17(19)16-9-7-13(8-10-16)15-6-5-12-3-1-2-4-14(12)11-15;15-11-3-5-13-9(7-11)1-2-10-8-12(16)4-6-14(10)13;12-11(13)10-6-5-8-3-1-2-4-9(8)7-10/h1-26H;1-19H;1-11,18-19H;1-8H;1-7,12-13H. The Bertz CT molecular complexity index is 7480. The Morgan fingerprint density at radius 3 is 0.563 bits per heavy atom. The number of hydrogen-bond acceptors (Lipinski definition) is 4. The highest BCUT2D eigenvalue weighted by Gasteiger charge is 2.15. The van der Waals surface area contributed by atoms with Gasteiger partial charge in [-0.25, -0.2) is 0 Å². The Kier molecular flexibility index (Phi) is 22.6. The number of rotatable bonds is 8. The summed E-state index contributed by atoms with van der Waals surface area (Å²) in [6, 6.07) is 152. The van der Waals surface area contributed by atoms with Crippen molar-refractivity contribution >= 4 is 191 Å². The predicted molar refractivity (Wildman–Crippen MR) is 520 cm³/mol. The first-order valence-electron chi connectivity index (χ1n) is 39.6. The molecule has 9 heteroatoms. The Hall–Kier alpha value is -12.9. The number of benzene rings is 22. The van der Waals surface area contributed by atoms with Crippen molar-refractivity contribution in [1.29, 1.82) is 0 Å². The fourth-order valence-corrected chi connectivity index (χ4v) is 17.2. The molecule has 0 saturated carbocycles. The summed E-state index contributed by atoms with van der Waals surface area (Å²) >= 11 is 10.6. The average molecular weight is 1720 g/mol. The summed E-state index contributed by atoms with van der Waals surface area (Å²) in [6.45, 7) is 0. The molecule has 22 rings (SSSR count). The molecule has 0 aliphatic rings. The molecule has 22 aromatic carbocycles. The third-order valence-corrected chi connectivity index (χ3v) is 23.9. The van der Waals surface area contributed by atoms with Crippen LogP contribution in [0.25, 0.3) is 185 Å². The van der Waals surface area contributed by atoms with Gasteiger partial charge in [0.15, 0.2) is 0 Å². The second-order valence-corrected chi connectivity index (χ2v) is 32.7. The normalized spacial score (nSPS) is 11.2. The van der Waals surface area contributed by atoms with Crippen LogP contribution in [0.2, 0.25) is 0 Å². The molecular weight excluding hydrogens is 1650 g/mol. The van der Waals surface area contributed by atoms with Crippen LogP contribution in [0.5, 0.6) is 0 Å². The van der Waals surface area contributed by atoms with Crippen LogP contribution in [0.3, 0.4) is 0 Å². The third kappa shape index (κ3) is 17.3. The van der Waals surface area contributed by atoms with Crippen LogP contribution < -0.4 is 10.9 Å². The van der Waals surface area contributed by atoms with Gasteiger partial charge in [0.25, 0.3) is 0 Å². The van der Waals surface area contributed by atoms with Crippen LogP contribution in [-0.2, 0) is 0 Å². The van der Waals surface area contributed by atoms with E-state index in [1.165, 1.54) is 163 Å². The molecule has 4 N–H and O–H groups in total. The molecule has 0 saturated heterocycles. The summed E-state index contributed by atoms with van der Waals surface area (Å²) in [7, 11) is -2.80. The molecule has 0 unspecified atom stereocenters. The first-order chi connectivity index (χ1) is 58.3. The fraction of sp³-hybridized carbons (Fsp3) is 0. The van der Waals surface area contributed by atoms with Gasteiger partial charge in [0.2, 0.25) is 0 Å². The van der Waals surface area contributed by atoms with Gasteiger partial charge >= 0.3 is 14.2 Å². The molecule has 0 radical (unpaired) electrons. The maximum atomic E-state index is 9.08. The zero-order valence-electron chi connectivity index (χ0n) is 64.6. The van der Waals surface area contributed by atoms with Crippen molar-refractivity contribution in [3.05, 3.63) is 444 Å². The van der Waals surface area contributed by atoms with E-state index in [0.29, 0.717) is 10.9 Å². The quantitative estimate of drug-likeness (QED) is 0.0903. The van der Waals surface area contributed by atoms with E-state index in [4.69, 9.17) is 20.1 Å². The van der Waals surface area contributed by atoms with Gasteiger partial charge in [-0.15, -0.1) is 0 Å². The average Bonchev–Trinajstić information content (AvgIpc) is 0.776. The molecule has 0 amide bonds. The van der Waals surface area contributed by atoms with Crippen molar-refractivity contribution in [1.82, 2.24) is 0 Å². The van der Waals surface area contributed by atoms with Crippen LogP contribution in [-0.4, -0.2) is 34.3 Å². The van der Waals surface area contributed by atoms with Crippen LogP contribution in [0.15, 0.2) is 444 Å². The molecular formula is C110H75B2Br3O4. The smallest absolute Gasteiger partial charge is 0.423 e. The lowest BCUT2D eigenvalue weighted by atomic mass is 9.79. The molecule has 0 fully saturated rings. The Balaban J connectivity index is 0.000000109. The van der Waals surface area contributed by atoms with Gasteiger partial charge < -0.3 is 20.1 Å². The van der Waals surface area contributed by atoms with E-state index in [9.17, 15) is 0 Å². The number of halogens is 3. The van der Waals surface area contributed by atoms with Crippen molar-refractivity contribution in [2.24, 2.45) is 0 Å². The van der Waals surface area contributed by atoms with Crippen molar-refractivity contribution in [2.75, 3.05) is 0 Å². The van der Waals surface area contributed by atoms with Gasteiger partial charge in [-0.2, -0.15) is 0 Å². The molecule has 119 heavy (non-hydrogen) atoms. The summed E-state index contributed by atoms with van der Waals surface area (Å²) < 4.78 is 3.36. The van der Waals surface area contributed by atoms with Crippen molar-refractivity contribution in [3.63, 3.8) is 0 Å². The molecule has 4 nitrogen and oxygen atoms in total. The molecule has 0 aliphatic carbocycles. The summed E-state index contributed by atoms with van der Waals surface area (Å²) in [6.07, 6.45) is 0. The van der Waals surface area contributed by atoms with Gasteiger partial charge in [0, 0.05) is 13.4 Å². The van der Waals surface area contributed by atoms with E-state index in [2.05, 4.69) is 400 Å². The molecule has 0 atom stereocenters. The first-order valence-corrected chi connectivity index (χ1v) is 42.0. The second-order valence-electron chi connectivity index (χ2n) is 30.0. The molecule has 22 aromatic rings. The molecule has 0 bridgehead atoms. The van der Waals surface area contributed by atoms with Crippen molar-refractivity contribution in [2.45, 2.75) is 0 Å². The SMILES string of the molecule is Brc1ccc2c(ccc3cc(-c4ccc(-c5ccc6ccccc6c5)cc4)ccc32)c1.Brc1ccc2c(ccc3cc(Br)ccc32)c1.OB(O)c1ccc(-c2ccc3ccccc3c2)cc1.OB(O)c1ccc2ccccc2c1.c1ccc2cc(-c3ccc(-c4ccc5c(ccc6cc(-c7ccc8ccccc8c7)ccc65)c4)cc3)ccc2c1. The largest absolute Gasteiger partial charge is 0.488 e. The molecule has 0 spiro atoms. The molecule has 0 heterocycles. The molecule has 0 aliphatic heterocycles. The number of fused-ring (bicyclic) bond motifs is 14. The molecule has 566 valence electrons. The highest BCUT2D eigenvalue weighted by molar-refractivity contribution is 9.11. The minimum atomic E-state index is -1.41. The zero-order valence-corrected chi connectivity index (χ0v) is 69.3. The van der Waals surface area contributed by atoms with Crippen molar-refractivity contribution < 1.29 is 20.1 Å². The Labute approximate surface area is 716 Å². The van der Waals surface area contributed by atoms with E-state index in [1.54, 1.807) is 24.3 Å². The van der Waals surface area contributed by atoms with Gasteiger partial charge in [-0.3, -0.25) is 0 Å². The lowest BCUT2D eigenvalue weighted by Crippen LogP contribution is -2.29. The van der Waals surface area contributed by atoms with Gasteiger partial charge in [0.1, 0.15) is 0 Å². The van der Waals surface area contributed by atoms with E-state index in [-0.39, 0.29) is 0 Å². The van der Waals surface area contributed by atoms with Crippen LogP contribution in [0.1, 0.15) is 0 Å². The van der Waals surface area contributed by atoms with Crippen LogP contribution in [0, 0.1) is 0 Å². The van der Waals surface area contributed by atoms with E-state index in [0.717, 1.165) is 35.3 Å². The first kappa shape index (κ1) is 77.3. The summed E-state index contributed by atoms with van der Waals surface area (Å²) in [4.78, 5) is 0. The summed E-state index contributed by atoms with van der Waals surface area (Å²) in [5.74, 6) is 0. The van der Waals surface area contributed by atoms with Crippen LogP contribution >= 0.6 is 47.8 Å². The molecule has 0 aromatic heterocycles. The van der Waals surface area contributed by atoms with E-state index >= 15 is 0 Å². The van der Waals surface area contributed by atoms with Gasteiger partial charge in [-0.1, -0.05) is 400 Å². The minimum absolute atomic E-state index is 0.504. The summed E-state index contributed by atoms with van der Waals surface area (Å²) in [5.41, 5.74) is 15.7. The predicted octanol–water partition coefficient (Wildman–Crippen LogP) is 28.8. The third-order valence-electron chi connectivity index (χ3n) is 22.4. The zero-order chi connectivity index (χ0) is 80.9. The summed E-state index contributed by atoms with van der Waals surface area (Å²) in [5, 5.41) is 63.6. The highest BCUT2D eigenvalue weighted by Crippen LogP contribution is 2.38. The lowest BCUT2D eigenvalue weighted by molar-refractivity contribution is 0.424. The van der Waals surface area contributed by atoms with E-state index in [1.807, 2.05) is 54.6 Å². The van der Waals surface area contributed by atoms with Crippen molar-refractivity contribution in [3.8, 4) is 66.8 Å². The van der Waals surface area contributed by atoms with Gasteiger partial charge in [-0.05, 0) is 275 Å². The Morgan fingerprint density at radius 1 is 0.134 bits per heavy atom. The second kappa shape index (κ2) is 34.7. The lowest BCUT2D eigenvalue weighted by Gasteiger charge is -2.10. The van der Waals surface area contributed by atoms with E-state index < -0.39 is 14.2 Å². The van der Waals surface area contributed by atoms with Crippen LogP contribution in [0.4, 0.5) is 0 Å². The van der Waals surface area contributed by atoms with Gasteiger partial charge in [0.05, 0.1) is 0 Å². The topological polar surface area (TPSA) is 80.9 Å². The highest BCUT2D eigenvalue weighted by atomic mass is 79.9. The number of hydrogen-bond donors (Lipinski definition) is 4.